The number of hydrogen-bond donors (Lipinski definition) is 2. The van der Waals surface area contributed by atoms with Gasteiger partial charge in [-0.3, -0.25) is 4.79 Å². The molecule has 1 aromatic heterocycles. The Morgan fingerprint density at radius 1 is 1.14 bits per heavy atom. The number of hydrogen-bond acceptors (Lipinski definition) is 3. The fourth-order valence-electron chi connectivity index (χ4n) is 2.64. The highest BCUT2D eigenvalue weighted by molar-refractivity contribution is 7.09. The van der Waals surface area contributed by atoms with E-state index in [1.54, 1.807) is 0 Å². The van der Waals surface area contributed by atoms with Crippen molar-refractivity contribution in [3.05, 3.63) is 63.9 Å². The van der Waals surface area contributed by atoms with E-state index >= 15 is 0 Å². The van der Waals surface area contributed by atoms with E-state index in [0.29, 0.717) is 4.88 Å². The molecule has 0 saturated heterocycles. The molecule has 2 amide bonds. The van der Waals surface area contributed by atoms with Crippen LogP contribution in [0.2, 0.25) is 0 Å². The van der Waals surface area contributed by atoms with E-state index in [2.05, 4.69) is 10.3 Å². The molecule has 146 valence electrons. The number of halogens is 3. The molecule has 0 radical (unpaired) electrons. The lowest BCUT2D eigenvalue weighted by molar-refractivity contribution is -0.169. The second-order valence-corrected chi connectivity index (χ2v) is 6.91. The zero-order valence-electron chi connectivity index (χ0n) is 14.2. The molecule has 10 heteroatoms. The Morgan fingerprint density at radius 3 is 2.57 bits per heavy atom. The second-order valence-electron chi connectivity index (χ2n) is 5.82. The summed E-state index contributed by atoms with van der Waals surface area (Å²) in [6, 6.07) is 13.1. The van der Waals surface area contributed by atoms with E-state index < -0.39 is 18.2 Å². The van der Waals surface area contributed by atoms with E-state index in [1.807, 2.05) is 42.5 Å². The Labute approximate surface area is 160 Å². The van der Waals surface area contributed by atoms with Gasteiger partial charge in [0.15, 0.2) is 4.80 Å². The SMILES string of the molecule is O=C(O)NCc1cn(Cc2cccc3ccccc23)c(=NC(=O)C(F)(F)F)s1. The number of alkyl halides is 3. The lowest BCUT2D eigenvalue weighted by Gasteiger charge is -2.08. The van der Waals surface area contributed by atoms with Crippen molar-refractivity contribution in [3.8, 4) is 0 Å². The van der Waals surface area contributed by atoms with Gasteiger partial charge in [-0.15, -0.1) is 0 Å². The van der Waals surface area contributed by atoms with Crippen LogP contribution in [0.5, 0.6) is 0 Å². The largest absolute Gasteiger partial charge is 0.473 e. The maximum Gasteiger partial charge on any atom is 0.473 e. The molecule has 3 rings (SSSR count). The number of carboxylic acid groups (broad SMARTS) is 1. The third-order valence-electron chi connectivity index (χ3n) is 3.84. The van der Waals surface area contributed by atoms with Crippen LogP contribution >= 0.6 is 11.3 Å². The zero-order chi connectivity index (χ0) is 20.3. The van der Waals surface area contributed by atoms with Crippen molar-refractivity contribution in [1.82, 2.24) is 9.88 Å². The average Bonchev–Trinajstić information content (AvgIpc) is 3.01. The van der Waals surface area contributed by atoms with Crippen molar-refractivity contribution in [2.75, 3.05) is 0 Å². The number of carbonyl (C=O) groups excluding carboxylic acids is 1. The fraction of sp³-hybridized carbons (Fsp3) is 0.167. The van der Waals surface area contributed by atoms with Crippen LogP contribution in [0.1, 0.15) is 10.4 Å². The molecule has 0 fully saturated rings. The topological polar surface area (TPSA) is 83.7 Å². The van der Waals surface area contributed by atoms with Crippen LogP contribution in [-0.2, 0) is 17.9 Å². The van der Waals surface area contributed by atoms with Gasteiger partial charge in [-0.05, 0) is 16.3 Å². The van der Waals surface area contributed by atoms with Gasteiger partial charge < -0.3 is 15.0 Å². The number of nitrogens with zero attached hydrogens (tertiary/aromatic N) is 2. The molecular formula is C18H14F3N3O3S. The highest BCUT2D eigenvalue weighted by Crippen LogP contribution is 2.20. The summed E-state index contributed by atoms with van der Waals surface area (Å²) in [7, 11) is 0. The van der Waals surface area contributed by atoms with Gasteiger partial charge in [0.2, 0.25) is 0 Å². The van der Waals surface area contributed by atoms with Crippen molar-refractivity contribution in [3.63, 3.8) is 0 Å². The summed E-state index contributed by atoms with van der Waals surface area (Å²) in [4.78, 5) is 25.5. The lowest BCUT2D eigenvalue weighted by atomic mass is 10.0. The van der Waals surface area contributed by atoms with E-state index in [4.69, 9.17) is 5.11 Å². The van der Waals surface area contributed by atoms with Crippen LogP contribution in [0.25, 0.3) is 10.8 Å². The van der Waals surface area contributed by atoms with E-state index in [-0.39, 0.29) is 17.9 Å². The minimum absolute atomic E-state index is 0.106. The summed E-state index contributed by atoms with van der Waals surface area (Å²) in [6.07, 6.45) is -4.86. The first-order chi connectivity index (χ1) is 13.2. The monoisotopic (exact) mass is 409 g/mol. The number of thiazole rings is 1. The molecule has 0 saturated carbocycles. The molecule has 28 heavy (non-hydrogen) atoms. The summed E-state index contributed by atoms with van der Waals surface area (Å²) in [5.74, 6) is -2.21. The first-order valence-corrected chi connectivity index (χ1v) is 8.84. The first-order valence-electron chi connectivity index (χ1n) is 8.02. The normalized spacial score (nSPS) is 12.3. The minimum Gasteiger partial charge on any atom is -0.465 e. The Bertz CT molecular complexity index is 1100. The second kappa shape index (κ2) is 7.85. The van der Waals surface area contributed by atoms with Gasteiger partial charge in [-0.2, -0.15) is 18.2 Å². The molecule has 1 heterocycles. The Morgan fingerprint density at radius 2 is 1.86 bits per heavy atom. The predicted molar refractivity (Wildman–Crippen MR) is 96.8 cm³/mol. The fourth-order valence-corrected chi connectivity index (χ4v) is 3.56. The van der Waals surface area contributed by atoms with Crippen LogP contribution in [0.15, 0.2) is 53.7 Å². The summed E-state index contributed by atoms with van der Waals surface area (Å²) in [5, 5.41) is 12.7. The summed E-state index contributed by atoms with van der Waals surface area (Å²) < 4.78 is 39.3. The summed E-state index contributed by atoms with van der Waals surface area (Å²) in [6.45, 7) is 0.0696. The zero-order valence-corrected chi connectivity index (χ0v) is 15.0. The van der Waals surface area contributed by atoms with Crippen molar-refractivity contribution in [2.45, 2.75) is 19.3 Å². The van der Waals surface area contributed by atoms with Gasteiger partial charge in [-0.1, -0.05) is 53.8 Å². The Hall–Kier alpha value is -3.14. The number of aromatic nitrogens is 1. The van der Waals surface area contributed by atoms with Crippen LogP contribution < -0.4 is 10.1 Å². The molecule has 0 atom stereocenters. The van der Waals surface area contributed by atoms with E-state index in [1.165, 1.54) is 10.8 Å². The van der Waals surface area contributed by atoms with Gasteiger partial charge >= 0.3 is 18.2 Å². The summed E-state index contributed by atoms with van der Waals surface area (Å²) in [5.41, 5.74) is 0.828. The molecule has 0 aliphatic heterocycles. The number of rotatable bonds is 4. The number of fused-ring (bicyclic) bond motifs is 1. The predicted octanol–water partition coefficient (Wildman–Crippen LogP) is 3.51. The van der Waals surface area contributed by atoms with Crippen LogP contribution in [-0.4, -0.2) is 27.9 Å². The first kappa shape index (κ1) is 19.6. The molecule has 6 nitrogen and oxygen atoms in total. The molecule has 0 aliphatic rings. The Balaban J connectivity index is 2.03. The number of carbonyl (C=O) groups is 2. The quantitative estimate of drug-likeness (QED) is 0.692. The standard InChI is InChI=1S/C18H14F3N3O3S/c19-18(20,21)15(25)23-16-24(10-13(28-16)8-22-17(26)27)9-12-6-3-5-11-4-1-2-7-14(11)12/h1-7,10,22H,8-9H2,(H,26,27). The molecular weight excluding hydrogens is 395 g/mol. The third kappa shape index (κ3) is 4.58. The van der Waals surface area contributed by atoms with Crippen molar-refractivity contribution in [1.29, 1.82) is 0 Å². The van der Waals surface area contributed by atoms with Gasteiger partial charge in [0.1, 0.15) is 0 Å². The molecule has 0 bridgehead atoms. The van der Waals surface area contributed by atoms with Crippen LogP contribution in [0.3, 0.4) is 0 Å². The van der Waals surface area contributed by atoms with Gasteiger partial charge in [0, 0.05) is 11.1 Å². The number of nitrogens with one attached hydrogen (secondary N) is 1. The van der Waals surface area contributed by atoms with Crippen LogP contribution in [0.4, 0.5) is 18.0 Å². The number of amides is 2. The van der Waals surface area contributed by atoms with Gasteiger partial charge in [0.05, 0.1) is 13.1 Å². The van der Waals surface area contributed by atoms with Gasteiger partial charge in [0.25, 0.3) is 0 Å². The summed E-state index contributed by atoms with van der Waals surface area (Å²) >= 11 is 0.820. The highest BCUT2D eigenvalue weighted by atomic mass is 32.1. The Kier molecular flexibility index (Phi) is 5.50. The molecule has 0 spiro atoms. The molecule has 2 aromatic carbocycles. The minimum atomic E-state index is -5.08. The van der Waals surface area contributed by atoms with Crippen LogP contribution in [0, 0.1) is 0 Å². The molecule has 0 aliphatic carbocycles. The molecule has 3 aromatic rings. The highest BCUT2D eigenvalue weighted by Gasteiger charge is 2.38. The maximum atomic E-state index is 12.6. The number of benzene rings is 2. The molecule has 2 N–H and O–H groups in total. The maximum absolute atomic E-state index is 12.6. The molecule has 0 unspecified atom stereocenters. The van der Waals surface area contributed by atoms with Crippen molar-refractivity contribution >= 4 is 34.1 Å². The third-order valence-corrected chi connectivity index (χ3v) is 4.86. The average molecular weight is 409 g/mol. The lowest BCUT2D eigenvalue weighted by Crippen LogP contribution is -2.25. The van der Waals surface area contributed by atoms with E-state index in [9.17, 15) is 22.8 Å². The van der Waals surface area contributed by atoms with E-state index in [0.717, 1.165) is 27.7 Å². The smallest absolute Gasteiger partial charge is 0.465 e. The van der Waals surface area contributed by atoms with Crippen molar-refractivity contribution in [2.24, 2.45) is 4.99 Å². The van der Waals surface area contributed by atoms with Gasteiger partial charge in [-0.25, -0.2) is 4.79 Å². The van der Waals surface area contributed by atoms with Crippen molar-refractivity contribution < 1.29 is 27.9 Å².